The molecule has 104 valence electrons. The smallest absolute Gasteiger partial charge is 0.274 e. The maximum Gasteiger partial charge on any atom is 0.274 e. The molecule has 21 heavy (non-hydrogen) atoms. The minimum atomic E-state index is -0.177. The van der Waals surface area contributed by atoms with Gasteiger partial charge in [-0.25, -0.2) is 0 Å². The highest BCUT2D eigenvalue weighted by atomic mass is 16.1. The first-order valence-electron chi connectivity index (χ1n) is 6.88. The second kappa shape index (κ2) is 5.37. The molecule has 0 spiro atoms. The molecule has 0 fully saturated rings. The molecule has 0 aliphatic rings. The largest absolute Gasteiger partial charge is 0.320 e. The molecule has 0 radical (unpaired) electrons. The van der Waals surface area contributed by atoms with Crippen molar-refractivity contribution in [2.45, 2.75) is 13.8 Å². The van der Waals surface area contributed by atoms with Crippen molar-refractivity contribution in [3.63, 3.8) is 0 Å². The fourth-order valence-electron chi connectivity index (χ4n) is 2.48. The van der Waals surface area contributed by atoms with Gasteiger partial charge in [0, 0.05) is 17.3 Å². The SMILES string of the molecule is Cc1cccc(C)c1NC(=O)c1nccc2ccccc12. The molecule has 0 saturated carbocycles. The molecule has 1 heterocycles. The van der Waals surface area contributed by atoms with Crippen LogP contribution in [0.5, 0.6) is 0 Å². The molecule has 3 heteroatoms. The fraction of sp³-hybridized carbons (Fsp3) is 0.111. The molecular weight excluding hydrogens is 260 g/mol. The third kappa shape index (κ3) is 2.50. The van der Waals surface area contributed by atoms with E-state index in [1.807, 2.05) is 62.4 Å². The molecule has 1 aromatic heterocycles. The van der Waals surface area contributed by atoms with Gasteiger partial charge in [0.25, 0.3) is 5.91 Å². The van der Waals surface area contributed by atoms with Crippen LogP contribution in [0.25, 0.3) is 10.8 Å². The number of hydrogen-bond donors (Lipinski definition) is 1. The zero-order valence-electron chi connectivity index (χ0n) is 12.1. The van der Waals surface area contributed by atoms with Gasteiger partial charge in [0.15, 0.2) is 0 Å². The second-order valence-corrected chi connectivity index (χ2v) is 5.10. The molecule has 0 saturated heterocycles. The van der Waals surface area contributed by atoms with E-state index in [0.717, 1.165) is 27.6 Å². The molecule has 0 unspecified atom stereocenters. The Morgan fingerprint density at radius 3 is 2.43 bits per heavy atom. The molecule has 0 bridgehead atoms. The van der Waals surface area contributed by atoms with Gasteiger partial charge in [-0.15, -0.1) is 0 Å². The molecular formula is C18H16N2O. The van der Waals surface area contributed by atoms with E-state index in [0.29, 0.717) is 5.69 Å². The van der Waals surface area contributed by atoms with Crippen molar-refractivity contribution >= 4 is 22.4 Å². The summed E-state index contributed by atoms with van der Waals surface area (Å²) in [5.74, 6) is -0.177. The maximum atomic E-state index is 12.6. The van der Waals surface area contributed by atoms with Gasteiger partial charge in [-0.3, -0.25) is 9.78 Å². The molecule has 3 aromatic rings. The molecule has 0 atom stereocenters. The molecule has 3 nitrogen and oxygen atoms in total. The lowest BCUT2D eigenvalue weighted by atomic mass is 10.1. The fourth-order valence-corrected chi connectivity index (χ4v) is 2.48. The predicted octanol–water partition coefficient (Wildman–Crippen LogP) is 4.10. The number of carbonyl (C=O) groups is 1. The summed E-state index contributed by atoms with van der Waals surface area (Å²) in [7, 11) is 0. The highest BCUT2D eigenvalue weighted by Gasteiger charge is 2.13. The number of benzene rings is 2. The number of carbonyl (C=O) groups excluding carboxylic acids is 1. The Morgan fingerprint density at radius 1 is 0.952 bits per heavy atom. The van der Waals surface area contributed by atoms with Gasteiger partial charge in [-0.1, -0.05) is 42.5 Å². The number of hydrogen-bond acceptors (Lipinski definition) is 2. The Hall–Kier alpha value is -2.68. The van der Waals surface area contributed by atoms with Crippen molar-refractivity contribution in [2.24, 2.45) is 0 Å². The van der Waals surface area contributed by atoms with Crippen molar-refractivity contribution in [1.29, 1.82) is 0 Å². The Kier molecular flexibility index (Phi) is 3.40. The first-order chi connectivity index (χ1) is 10.2. The maximum absolute atomic E-state index is 12.6. The predicted molar refractivity (Wildman–Crippen MR) is 85.6 cm³/mol. The van der Waals surface area contributed by atoms with Crippen LogP contribution in [0.15, 0.2) is 54.7 Å². The summed E-state index contributed by atoms with van der Waals surface area (Å²) in [6.07, 6.45) is 1.67. The topological polar surface area (TPSA) is 42.0 Å². The van der Waals surface area contributed by atoms with E-state index in [4.69, 9.17) is 0 Å². The summed E-state index contributed by atoms with van der Waals surface area (Å²) in [4.78, 5) is 16.8. The van der Waals surface area contributed by atoms with Gasteiger partial charge >= 0.3 is 0 Å². The number of anilines is 1. The average molecular weight is 276 g/mol. The molecule has 1 N–H and O–H groups in total. The molecule has 1 amide bonds. The molecule has 0 aliphatic heterocycles. The van der Waals surface area contributed by atoms with Crippen LogP contribution in [0.4, 0.5) is 5.69 Å². The van der Waals surface area contributed by atoms with E-state index >= 15 is 0 Å². The lowest BCUT2D eigenvalue weighted by molar-refractivity contribution is 0.102. The van der Waals surface area contributed by atoms with E-state index in [1.165, 1.54) is 0 Å². The number of nitrogens with one attached hydrogen (secondary N) is 1. The third-order valence-electron chi connectivity index (χ3n) is 3.61. The van der Waals surface area contributed by atoms with Crippen molar-refractivity contribution in [2.75, 3.05) is 5.32 Å². The quantitative estimate of drug-likeness (QED) is 0.765. The van der Waals surface area contributed by atoms with Gasteiger partial charge < -0.3 is 5.32 Å². The summed E-state index contributed by atoms with van der Waals surface area (Å²) >= 11 is 0. The van der Waals surface area contributed by atoms with Crippen LogP contribution in [0.1, 0.15) is 21.6 Å². The van der Waals surface area contributed by atoms with E-state index in [1.54, 1.807) is 6.20 Å². The number of para-hydroxylation sites is 1. The van der Waals surface area contributed by atoms with E-state index in [9.17, 15) is 4.79 Å². The number of nitrogens with zero attached hydrogens (tertiary/aromatic N) is 1. The van der Waals surface area contributed by atoms with Gasteiger partial charge in [-0.2, -0.15) is 0 Å². The number of rotatable bonds is 2. The number of amides is 1. The molecule has 0 aliphatic carbocycles. The Labute approximate surface area is 123 Å². The number of pyridine rings is 1. The summed E-state index contributed by atoms with van der Waals surface area (Å²) < 4.78 is 0. The molecule has 2 aromatic carbocycles. The summed E-state index contributed by atoms with van der Waals surface area (Å²) in [6.45, 7) is 3.97. The number of fused-ring (bicyclic) bond motifs is 1. The number of aryl methyl sites for hydroxylation is 2. The lowest BCUT2D eigenvalue weighted by Crippen LogP contribution is -2.15. The summed E-state index contributed by atoms with van der Waals surface area (Å²) in [6, 6.07) is 15.6. The first-order valence-corrected chi connectivity index (χ1v) is 6.88. The Bertz CT molecular complexity index is 799. The van der Waals surface area contributed by atoms with Crippen molar-refractivity contribution in [3.05, 3.63) is 71.5 Å². The van der Waals surface area contributed by atoms with Crippen molar-refractivity contribution in [1.82, 2.24) is 4.98 Å². The zero-order chi connectivity index (χ0) is 14.8. The van der Waals surface area contributed by atoms with E-state index < -0.39 is 0 Å². The van der Waals surface area contributed by atoms with Crippen LogP contribution in [0.2, 0.25) is 0 Å². The minimum Gasteiger partial charge on any atom is -0.320 e. The monoisotopic (exact) mass is 276 g/mol. The lowest BCUT2D eigenvalue weighted by Gasteiger charge is -2.12. The zero-order valence-corrected chi connectivity index (χ0v) is 12.1. The van der Waals surface area contributed by atoms with Crippen LogP contribution < -0.4 is 5.32 Å². The van der Waals surface area contributed by atoms with Crippen molar-refractivity contribution in [3.8, 4) is 0 Å². The van der Waals surface area contributed by atoms with Gasteiger partial charge in [0.2, 0.25) is 0 Å². The Morgan fingerprint density at radius 2 is 1.67 bits per heavy atom. The van der Waals surface area contributed by atoms with Gasteiger partial charge in [0.05, 0.1) is 0 Å². The van der Waals surface area contributed by atoms with Crippen LogP contribution in [0.3, 0.4) is 0 Å². The summed E-state index contributed by atoms with van der Waals surface area (Å²) in [5.41, 5.74) is 3.40. The average Bonchev–Trinajstić information content (AvgIpc) is 2.50. The van der Waals surface area contributed by atoms with Crippen LogP contribution in [-0.2, 0) is 0 Å². The standard InChI is InChI=1S/C18H16N2O/c1-12-6-5-7-13(2)16(12)20-18(21)17-15-9-4-3-8-14(15)10-11-19-17/h3-11H,1-2H3,(H,20,21). The van der Waals surface area contributed by atoms with E-state index in [-0.39, 0.29) is 5.91 Å². The minimum absolute atomic E-state index is 0.177. The van der Waals surface area contributed by atoms with Crippen LogP contribution in [-0.4, -0.2) is 10.9 Å². The number of aromatic nitrogens is 1. The summed E-state index contributed by atoms with van der Waals surface area (Å²) in [5, 5.41) is 4.86. The second-order valence-electron chi connectivity index (χ2n) is 5.10. The Balaban J connectivity index is 2.02. The highest BCUT2D eigenvalue weighted by Crippen LogP contribution is 2.22. The first kappa shape index (κ1) is 13.3. The van der Waals surface area contributed by atoms with Gasteiger partial charge in [-0.05, 0) is 36.4 Å². The van der Waals surface area contributed by atoms with Crippen LogP contribution in [0, 0.1) is 13.8 Å². The van der Waals surface area contributed by atoms with E-state index in [2.05, 4.69) is 10.3 Å². The normalized spacial score (nSPS) is 10.6. The highest BCUT2D eigenvalue weighted by molar-refractivity contribution is 6.11. The van der Waals surface area contributed by atoms with Gasteiger partial charge in [0.1, 0.15) is 5.69 Å². The van der Waals surface area contributed by atoms with Crippen LogP contribution >= 0.6 is 0 Å². The molecule has 3 rings (SSSR count). The van der Waals surface area contributed by atoms with Crippen molar-refractivity contribution < 1.29 is 4.79 Å². The third-order valence-corrected chi connectivity index (χ3v) is 3.61.